The SMILES string of the molecule is COc1ccc2c(c1)OC[C@@H]1c3ccccc3O[C@H]21. The van der Waals surface area contributed by atoms with Gasteiger partial charge in [0, 0.05) is 17.2 Å². The third-order valence-electron chi connectivity index (χ3n) is 3.88. The Morgan fingerprint density at radius 3 is 2.84 bits per heavy atom. The van der Waals surface area contributed by atoms with Gasteiger partial charge in [-0.3, -0.25) is 0 Å². The van der Waals surface area contributed by atoms with Crippen LogP contribution >= 0.6 is 0 Å². The Morgan fingerprint density at radius 2 is 1.95 bits per heavy atom. The summed E-state index contributed by atoms with van der Waals surface area (Å²) in [4.78, 5) is 0. The van der Waals surface area contributed by atoms with E-state index in [4.69, 9.17) is 14.2 Å². The maximum atomic E-state index is 6.09. The molecule has 2 aliphatic rings. The van der Waals surface area contributed by atoms with Gasteiger partial charge in [0.05, 0.1) is 19.6 Å². The van der Waals surface area contributed by atoms with Gasteiger partial charge in [0.2, 0.25) is 0 Å². The third kappa shape index (κ3) is 1.51. The Balaban J connectivity index is 1.78. The van der Waals surface area contributed by atoms with Crippen LogP contribution in [0.2, 0.25) is 0 Å². The highest BCUT2D eigenvalue weighted by Gasteiger charge is 2.40. The van der Waals surface area contributed by atoms with Crippen LogP contribution in [-0.2, 0) is 0 Å². The summed E-state index contributed by atoms with van der Waals surface area (Å²) in [7, 11) is 1.66. The van der Waals surface area contributed by atoms with Crippen LogP contribution in [0.4, 0.5) is 0 Å². The molecule has 2 heterocycles. The van der Waals surface area contributed by atoms with Crippen molar-refractivity contribution in [2.45, 2.75) is 12.0 Å². The Hall–Kier alpha value is -2.16. The second-order valence-corrected chi connectivity index (χ2v) is 4.90. The minimum atomic E-state index is 0.0621. The molecule has 0 aliphatic carbocycles. The minimum absolute atomic E-state index is 0.0621. The molecule has 0 aromatic heterocycles. The van der Waals surface area contributed by atoms with E-state index in [1.807, 2.05) is 36.4 Å². The van der Waals surface area contributed by atoms with Gasteiger partial charge in [-0.25, -0.2) is 0 Å². The van der Waals surface area contributed by atoms with E-state index in [0.29, 0.717) is 6.61 Å². The molecular weight excluding hydrogens is 240 g/mol. The van der Waals surface area contributed by atoms with Crippen molar-refractivity contribution in [3.8, 4) is 17.2 Å². The van der Waals surface area contributed by atoms with Gasteiger partial charge in [0.25, 0.3) is 0 Å². The number of hydrogen-bond donors (Lipinski definition) is 0. The first-order valence-corrected chi connectivity index (χ1v) is 6.43. The van der Waals surface area contributed by atoms with Crippen LogP contribution in [0.5, 0.6) is 17.2 Å². The lowest BCUT2D eigenvalue weighted by molar-refractivity contribution is 0.139. The van der Waals surface area contributed by atoms with Crippen LogP contribution < -0.4 is 14.2 Å². The monoisotopic (exact) mass is 254 g/mol. The first-order valence-electron chi connectivity index (χ1n) is 6.43. The predicted octanol–water partition coefficient (Wildman–Crippen LogP) is 3.30. The maximum Gasteiger partial charge on any atom is 0.138 e. The third-order valence-corrected chi connectivity index (χ3v) is 3.88. The van der Waals surface area contributed by atoms with Crippen molar-refractivity contribution in [2.75, 3.05) is 13.7 Å². The number of rotatable bonds is 1. The number of methoxy groups -OCH3 is 1. The Morgan fingerprint density at radius 1 is 1.05 bits per heavy atom. The summed E-state index contributed by atoms with van der Waals surface area (Å²) in [6.07, 6.45) is 0.0621. The molecule has 2 atom stereocenters. The number of hydrogen-bond acceptors (Lipinski definition) is 3. The fourth-order valence-corrected chi connectivity index (χ4v) is 2.91. The zero-order valence-electron chi connectivity index (χ0n) is 10.6. The van der Waals surface area contributed by atoms with Crippen molar-refractivity contribution in [2.24, 2.45) is 0 Å². The summed E-state index contributed by atoms with van der Waals surface area (Å²) in [5.74, 6) is 2.95. The highest BCUT2D eigenvalue weighted by atomic mass is 16.5. The standard InChI is InChI=1S/C16H14O3/c1-17-10-6-7-12-15(8-10)18-9-13-11-4-2-3-5-14(11)19-16(12)13/h2-8,13,16H,9H2,1H3/t13-,16-/m1/s1. The summed E-state index contributed by atoms with van der Waals surface area (Å²) < 4.78 is 17.2. The summed E-state index contributed by atoms with van der Waals surface area (Å²) in [5.41, 5.74) is 2.35. The molecule has 0 fully saturated rings. The van der Waals surface area contributed by atoms with Crippen LogP contribution in [-0.4, -0.2) is 13.7 Å². The number of ether oxygens (including phenoxy) is 3. The zero-order valence-corrected chi connectivity index (χ0v) is 10.6. The van der Waals surface area contributed by atoms with Crippen LogP contribution in [0.1, 0.15) is 23.1 Å². The molecule has 3 nitrogen and oxygen atoms in total. The van der Waals surface area contributed by atoms with E-state index in [0.717, 1.165) is 22.8 Å². The number of para-hydroxylation sites is 1. The van der Waals surface area contributed by atoms with Crippen molar-refractivity contribution in [1.82, 2.24) is 0 Å². The lowest BCUT2D eigenvalue weighted by atomic mass is 9.89. The highest BCUT2D eigenvalue weighted by molar-refractivity contribution is 5.50. The first-order chi connectivity index (χ1) is 9.36. The van der Waals surface area contributed by atoms with E-state index in [1.165, 1.54) is 5.56 Å². The normalized spacial score (nSPS) is 22.6. The van der Waals surface area contributed by atoms with Gasteiger partial charge < -0.3 is 14.2 Å². The van der Waals surface area contributed by atoms with Crippen molar-refractivity contribution in [3.63, 3.8) is 0 Å². The Kier molecular flexibility index (Phi) is 2.21. The van der Waals surface area contributed by atoms with Crippen LogP contribution in [0.15, 0.2) is 42.5 Å². The van der Waals surface area contributed by atoms with Crippen molar-refractivity contribution in [1.29, 1.82) is 0 Å². The average Bonchev–Trinajstić information content (AvgIpc) is 2.85. The molecule has 19 heavy (non-hydrogen) atoms. The topological polar surface area (TPSA) is 27.7 Å². The predicted molar refractivity (Wildman–Crippen MR) is 71.0 cm³/mol. The molecule has 0 amide bonds. The number of fused-ring (bicyclic) bond motifs is 5. The van der Waals surface area contributed by atoms with Gasteiger partial charge in [-0.05, 0) is 18.2 Å². The van der Waals surface area contributed by atoms with Crippen molar-refractivity contribution in [3.05, 3.63) is 53.6 Å². The molecule has 0 radical (unpaired) electrons. The van der Waals surface area contributed by atoms with Crippen molar-refractivity contribution >= 4 is 0 Å². The Labute approximate surface area is 111 Å². The maximum absolute atomic E-state index is 6.09. The molecule has 0 unspecified atom stereocenters. The zero-order chi connectivity index (χ0) is 12.8. The lowest BCUT2D eigenvalue weighted by Gasteiger charge is -2.28. The highest BCUT2D eigenvalue weighted by Crippen LogP contribution is 2.51. The molecule has 0 spiro atoms. The van der Waals surface area contributed by atoms with E-state index >= 15 is 0 Å². The van der Waals surface area contributed by atoms with Crippen molar-refractivity contribution < 1.29 is 14.2 Å². The molecule has 2 aromatic carbocycles. The van der Waals surface area contributed by atoms with E-state index in [2.05, 4.69) is 6.07 Å². The van der Waals surface area contributed by atoms with Crippen LogP contribution in [0, 0.1) is 0 Å². The molecule has 0 bridgehead atoms. The average molecular weight is 254 g/mol. The van der Waals surface area contributed by atoms with E-state index in [-0.39, 0.29) is 12.0 Å². The van der Waals surface area contributed by atoms with Crippen LogP contribution in [0.3, 0.4) is 0 Å². The quantitative estimate of drug-likeness (QED) is 0.781. The molecule has 2 aliphatic heterocycles. The van der Waals surface area contributed by atoms with Crippen LogP contribution in [0.25, 0.3) is 0 Å². The largest absolute Gasteiger partial charge is 0.497 e. The molecule has 0 saturated carbocycles. The molecule has 0 N–H and O–H groups in total. The summed E-state index contributed by atoms with van der Waals surface area (Å²) in [6.45, 7) is 0.655. The van der Waals surface area contributed by atoms with Gasteiger partial charge in [0.1, 0.15) is 23.4 Å². The summed E-state index contributed by atoms with van der Waals surface area (Å²) >= 11 is 0. The molecule has 2 aromatic rings. The van der Waals surface area contributed by atoms with Gasteiger partial charge >= 0.3 is 0 Å². The molecule has 3 heteroatoms. The van der Waals surface area contributed by atoms with Gasteiger partial charge in [-0.15, -0.1) is 0 Å². The van der Waals surface area contributed by atoms with Gasteiger partial charge in [-0.1, -0.05) is 18.2 Å². The number of benzene rings is 2. The Bertz CT molecular complexity index is 636. The second kappa shape index (κ2) is 3.92. The fraction of sp³-hybridized carbons (Fsp3) is 0.250. The lowest BCUT2D eigenvalue weighted by Crippen LogP contribution is -2.23. The smallest absolute Gasteiger partial charge is 0.138 e. The molecular formula is C16H14O3. The molecule has 4 rings (SSSR count). The first kappa shape index (κ1) is 10.7. The molecule has 0 saturated heterocycles. The van der Waals surface area contributed by atoms with Gasteiger partial charge in [-0.2, -0.15) is 0 Å². The van der Waals surface area contributed by atoms with E-state index < -0.39 is 0 Å². The van der Waals surface area contributed by atoms with E-state index in [1.54, 1.807) is 7.11 Å². The molecule has 96 valence electrons. The summed E-state index contributed by atoms with van der Waals surface area (Å²) in [6, 6.07) is 14.1. The minimum Gasteiger partial charge on any atom is -0.497 e. The fourth-order valence-electron chi connectivity index (χ4n) is 2.91. The van der Waals surface area contributed by atoms with Gasteiger partial charge in [0.15, 0.2) is 0 Å². The van der Waals surface area contributed by atoms with E-state index in [9.17, 15) is 0 Å². The second-order valence-electron chi connectivity index (χ2n) is 4.90. The summed E-state index contributed by atoms with van der Waals surface area (Å²) in [5, 5.41) is 0.